The average Bonchev–Trinajstić information content (AvgIpc) is 2.43. The van der Waals surface area contributed by atoms with Crippen molar-refractivity contribution in [3.05, 3.63) is 23.8 Å². The highest BCUT2D eigenvalue weighted by atomic mass is 32.2. The molecule has 1 aromatic rings. The number of hydrogen-bond acceptors (Lipinski definition) is 5. The van der Waals surface area contributed by atoms with Crippen LogP contribution in [0.2, 0.25) is 0 Å². The number of para-hydroxylation sites is 1. The van der Waals surface area contributed by atoms with E-state index in [0.717, 1.165) is 31.1 Å². The smallest absolute Gasteiger partial charge is 0.255 e. The molecule has 0 aliphatic carbocycles. The minimum Gasteiger partial charge on any atom is -0.505 e. The Morgan fingerprint density at radius 2 is 2.16 bits per heavy atom. The summed E-state index contributed by atoms with van der Waals surface area (Å²) in [6.45, 7) is 3.57. The van der Waals surface area contributed by atoms with Gasteiger partial charge in [0.05, 0.1) is 11.3 Å². The number of carbonyl (C=O) groups is 1. The quantitative estimate of drug-likeness (QED) is 0.561. The van der Waals surface area contributed by atoms with Crippen LogP contribution in [0.25, 0.3) is 0 Å². The zero-order valence-corrected chi connectivity index (χ0v) is 11.6. The number of phenolic OH excluding ortho intramolecular Hbond substituents is 1. The van der Waals surface area contributed by atoms with Gasteiger partial charge in [-0.25, -0.2) is 0 Å². The number of anilines is 1. The lowest BCUT2D eigenvalue weighted by Crippen LogP contribution is -2.39. The fraction of sp³-hybridized carbons (Fsp3) is 0.462. The van der Waals surface area contributed by atoms with Gasteiger partial charge in [-0.1, -0.05) is 6.07 Å². The van der Waals surface area contributed by atoms with Gasteiger partial charge in [0, 0.05) is 37.7 Å². The molecule has 0 unspecified atom stereocenters. The largest absolute Gasteiger partial charge is 0.505 e. The van der Waals surface area contributed by atoms with Gasteiger partial charge in [-0.3, -0.25) is 9.69 Å². The molecule has 0 aromatic heterocycles. The topological polar surface area (TPSA) is 78.6 Å². The van der Waals surface area contributed by atoms with E-state index in [0.29, 0.717) is 6.54 Å². The molecule has 2 rings (SSSR count). The summed E-state index contributed by atoms with van der Waals surface area (Å²) in [6.07, 6.45) is 0. The van der Waals surface area contributed by atoms with Crippen LogP contribution >= 0.6 is 11.8 Å². The second kappa shape index (κ2) is 6.68. The van der Waals surface area contributed by atoms with Crippen molar-refractivity contribution in [1.82, 2.24) is 10.2 Å². The van der Waals surface area contributed by atoms with Gasteiger partial charge < -0.3 is 16.2 Å². The molecule has 0 spiro atoms. The number of nitrogens with one attached hydrogen (secondary N) is 1. The Hall–Kier alpha value is -1.40. The van der Waals surface area contributed by atoms with Gasteiger partial charge in [-0.05, 0) is 12.1 Å². The molecule has 4 N–H and O–H groups in total. The average molecular weight is 281 g/mol. The van der Waals surface area contributed by atoms with Crippen molar-refractivity contribution < 1.29 is 9.90 Å². The molecule has 1 aliphatic rings. The van der Waals surface area contributed by atoms with Crippen molar-refractivity contribution in [1.29, 1.82) is 0 Å². The van der Waals surface area contributed by atoms with Gasteiger partial charge in [-0.15, -0.1) is 0 Å². The summed E-state index contributed by atoms with van der Waals surface area (Å²) < 4.78 is 0. The maximum atomic E-state index is 11.9. The standard InChI is InChI=1S/C13H19N3O2S/c14-11-3-1-2-10(12(11)17)13(18)15-4-5-16-6-8-19-9-7-16/h1-3,17H,4-9,14H2,(H,15,18). The summed E-state index contributed by atoms with van der Waals surface area (Å²) in [4.78, 5) is 14.2. The van der Waals surface area contributed by atoms with Gasteiger partial charge in [0.1, 0.15) is 0 Å². The Balaban J connectivity index is 1.82. The van der Waals surface area contributed by atoms with Gasteiger partial charge in [0.2, 0.25) is 0 Å². The van der Waals surface area contributed by atoms with E-state index in [1.54, 1.807) is 18.2 Å². The second-order valence-corrected chi connectivity index (χ2v) is 5.68. The molecule has 1 amide bonds. The van der Waals surface area contributed by atoms with Crippen molar-refractivity contribution in [3.8, 4) is 5.75 Å². The van der Waals surface area contributed by atoms with Crippen molar-refractivity contribution in [2.45, 2.75) is 0 Å². The highest BCUT2D eigenvalue weighted by molar-refractivity contribution is 7.99. The molecule has 0 radical (unpaired) electrons. The van der Waals surface area contributed by atoms with Crippen molar-refractivity contribution in [3.63, 3.8) is 0 Å². The zero-order chi connectivity index (χ0) is 13.7. The summed E-state index contributed by atoms with van der Waals surface area (Å²) >= 11 is 1.96. The third-order valence-electron chi connectivity index (χ3n) is 3.13. The number of nitrogens with two attached hydrogens (primary N) is 1. The second-order valence-electron chi connectivity index (χ2n) is 4.45. The van der Waals surface area contributed by atoms with Gasteiger partial charge >= 0.3 is 0 Å². The molecule has 1 aromatic carbocycles. The molecule has 0 saturated carbocycles. The van der Waals surface area contributed by atoms with E-state index in [1.165, 1.54) is 0 Å². The van der Waals surface area contributed by atoms with E-state index in [-0.39, 0.29) is 22.9 Å². The summed E-state index contributed by atoms with van der Waals surface area (Å²) in [5.41, 5.74) is 6.02. The maximum Gasteiger partial charge on any atom is 0.255 e. The molecule has 0 bridgehead atoms. The van der Waals surface area contributed by atoms with Gasteiger partial charge in [0.25, 0.3) is 5.91 Å². The van der Waals surface area contributed by atoms with Crippen LogP contribution < -0.4 is 11.1 Å². The first-order valence-electron chi connectivity index (χ1n) is 6.34. The number of thioether (sulfide) groups is 1. The van der Waals surface area contributed by atoms with Crippen LogP contribution in [0.5, 0.6) is 5.75 Å². The van der Waals surface area contributed by atoms with Crippen molar-refractivity contribution >= 4 is 23.4 Å². The lowest BCUT2D eigenvalue weighted by Gasteiger charge is -2.26. The lowest BCUT2D eigenvalue weighted by atomic mass is 10.1. The number of carbonyl (C=O) groups excluding carboxylic acids is 1. The van der Waals surface area contributed by atoms with Gasteiger partial charge in [-0.2, -0.15) is 11.8 Å². The first-order chi connectivity index (χ1) is 9.18. The monoisotopic (exact) mass is 281 g/mol. The van der Waals surface area contributed by atoms with Crippen LogP contribution in [0, 0.1) is 0 Å². The number of aromatic hydroxyl groups is 1. The Morgan fingerprint density at radius 1 is 1.42 bits per heavy atom. The van der Waals surface area contributed by atoms with E-state index in [1.807, 2.05) is 11.8 Å². The Labute approximate surface area is 117 Å². The minimum atomic E-state index is -0.281. The van der Waals surface area contributed by atoms with E-state index in [4.69, 9.17) is 5.73 Å². The first kappa shape index (κ1) is 14.0. The summed E-state index contributed by atoms with van der Waals surface area (Å²) in [5, 5.41) is 12.5. The zero-order valence-electron chi connectivity index (χ0n) is 10.8. The maximum absolute atomic E-state index is 11.9. The van der Waals surface area contributed by atoms with Gasteiger partial charge in [0.15, 0.2) is 5.75 Å². The predicted molar refractivity (Wildman–Crippen MR) is 78.6 cm³/mol. The summed E-state index contributed by atoms with van der Waals surface area (Å²) in [6, 6.07) is 4.79. The number of rotatable bonds is 4. The molecular weight excluding hydrogens is 262 g/mol. The van der Waals surface area contributed by atoms with Crippen molar-refractivity contribution in [2.24, 2.45) is 0 Å². The van der Waals surface area contributed by atoms with Crippen LogP contribution in [0.1, 0.15) is 10.4 Å². The SMILES string of the molecule is Nc1cccc(C(=O)NCCN2CCSCC2)c1O. The normalized spacial score (nSPS) is 16.2. The molecule has 1 aliphatic heterocycles. The molecular formula is C13H19N3O2S. The number of amides is 1. The van der Waals surface area contributed by atoms with Crippen LogP contribution in [0.4, 0.5) is 5.69 Å². The summed E-state index contributed by atoms with van der Waals surface area (Å²) in [5.74, 6) is 1.89. The Bertz CT molecular complexity index is 448. The van der Waals surface area contributed by atoms with E-state index >= 15 is 0 Å². The van der Waals surface area contributed by atoms with Crippen LogP contribution in [0.3, 0.4) is 0 Å². The summed E-state index contributed by atoms with van der Waals surface area (Å²) in [7, 11) is 0. The van der Waals surface area contributed by atoms with Crippen LogP contribution in [0.15, 0.2) is 18.2 Å². The van der Waals surface area contributed by atoms with Crippen LogP contribution in [-0.2, 0) is 0 Å². The molecule has 19 heavy (non-hydrogen) atoms. The van der Waals surface area contributed by atoms with E-state index < -0.39 is 0 Å². The highest BCUT2D eigenvalue weighted by Crippen LogP contribution is 2.23. The molecule has 1 heterocycles. The highest BCUT2D eigenvalue weighted by Gasteiger charge is 2.14. The van der Waals surface area contributed by atoms with Crippen LogP contribution in [-0.4, -0.2) is 53.6 Å². The number of nitrogen functional groups attached to an aromatic ring is 1. The third-order valence-corrected chi connectivity index (χ3v) is 4.07. The molecule has 0 atom stereocenters. The first-order valence-corrected chi connectivity index (χ1v) is 7.49. The van der Waals surface area contributed by atoms with Crippen molar-refractivity contribution in [2.75, 3.05) is 43.4 Å². The van der Waals surface area contributed by atoms with E-state index in [2.05, 4.69) is 10.2 Å². The Kier molecular flexibility index (Phi) is 4.93. The number of benzene rings is 1. The number of phenols is 1. The fourth-order valence-corrected chi connectivity index (χ4v) is 2.97. The minimum absolute atomic E-state index is 0.144. The molecule has 6 heteroatoms. The number of nitrogens with zero attached hydrogens (tertiary/aromatic N) is 1. The predicted octanol–water partition coefficient (Wildman–Crippen LogP) is 0.753. The number of hydrogen-bond donors (Lipinski definition) is 3. The Morgan fingerprint density at radius 3 is 2.89 bits per heavy atom. The van der Waals surface area contributed by atoms with E-state index in [9.17, 15) is 9.90 Å². The fourth-order valence-electron chi connectivity index (χ4n) is 1.99. The molecule has 5 nitrogen and oxygen atoms in total. The molecule has 1 saturated heterocycles. The lowest BCUT2D eigenvalue weighted by molar-refractivity contribution is 0.0946. The molecule has 104 valence electrons. The third kappa shape index (κ3) is 3.78. The molecule has 1 fully saturated rings.